The molecular formula is C15H17NO2S. The summed E-state index contributed by atoms with van der Waals surface area (Å²) >= 11 is 1.94. The van der Waals surface area contributed by atoms with Crippen LogP contribution in [0, 0.1) is 0 Å². The van der Waals surface area contributed by atoms with E-state index in [0.717, 1.165) is 42.7 Å². The van der Waals surface area contributed by atoms with E-state index in [0.29, 0.717) is 6.10 Å². The standard InChI is InChI=1S/C15H17NO2S/c17-11-16-15(6-2-7-15)12-3-1-4-13(9-12)18-14-5-8-19-10-14/h1,3-4,9,14H,2,5-8,10H2. The van der Waals surface area contributed by atoms with Gasteiger partial charge in [0.15, 0.2) is 0 Å². The Hall–Kier alpha value is -1.25. The molecule has 1 saturated heterocycles. The number of thioether (sulfide) groups is 1. The zero-order valence-electron chi connectivity index (χ0n) is 10.8. The van der Waals surface area contributed by atoms with Gasteiger partial charge in [-0.05, 0) is 49.1 Å². The van der Waals surface area contributed by atoms with Crippen LogP contribution in [0.2, 0.25) is 0 Å². The van der Waals surface area contributed by atoms with E-state index < -0.39 is 0 Å². The van der Waals surface area contributed by atoms with Crippen LogP contribution in [0.1, 0.15) is 31.2 Å². The molecule has 100 valence electrons. The fraction of sp³-hybridized carbons (Fsp3) is 0.533. The summed E-state index contributed by atoms with van der Waals surface area (Å²) < 4.78 is 6.00. The summed E-state index contributed by atoms with van der Waals surface area (Å²) in [7, 11) is 0. The van der Waals surface area contributed by atoms with Gasteiger partial charge in [-0.2, -0.15) is 16.8 Å². The van der Waals surface area contributed by atoms with E-state index in [2.05, 4.69) is 4.99 Å². The molecular weight excluding hydrogens is 258 g/mol. The predicted octanol–water partition coefficient (Wildman–Crippen LogP) is 3.29. The molecule has 1 aromatic carbocycles. The lowest BCUT2D eigenvalue weighted by Gasteiger charge is -2.37. The molecule has 1 saturated carbocycles. The number of benzene rings is 1. The second-order valence-corrected chi connectivity index (χ2v) is 6.37. The summed E-state index contributed by atoms with van der Waals surface area (Å²) in [5.74, 6) is 3.16. The summed E-state index contributed by atoms with van der Waals surface area (Å²) in [6.07, 6.45) is 6.17. The van der Waals surface area contributed by atoms with Crippen LogP contribution in [0.4, 0.5) is 0 Å². The molecule has 1 aliphatic heterocycles. The average Bonchev–Trinajstić information content (AvgIpc) is 2.87. The number of carbonyl (C=O) groups excluding carboxylic acids is 1. The van der Waals surface area contributed by atoms with E-state index in [-0.39, 0.29) is 5.54 Å². The Morgan fingerprint density at radius 3 is 2.95 bits per heavy atom. The second kappa shape index (κ2) is 5.40. The highest BCUT2D eigenvalue weighted by molar-refractivity contribution is 7.99. The van der Waals surface area contributed by atoms with Gasteiger partial charge in [0, 0.05) is 5.75 Å². The molecule has 3 rings (SSSR count). The molecule has 1 aromatic rings. The van der Waals surface area contributed by atoms with Crippen molar-refractivity contribution in [3.63, 3.8) is 0 Å². The van der Waals surface area contributed by atoms with E-state index in [1.165, 1.54) is 5.75 Å². The summed E-state index contributed by atoms with van der Waals surface area (Å²) in [5, 5.41) is 0. The average molecular weight is 275 g/mol. The van der Waals surface area contributed by atoms with E-state index in [9.17, 15) is 4.79 Å². The third-order valence-corrected chi connectivity index (χ3v) is 5.13. The Morgan fingerprint density at radius 2 is 2.32 bits per heavy atom. The fourth-order valence-electron chi connectivity index (χ4n) is 2.72. The Morgan fingerprint density at radius 1 is 1.42 bits per heavy atom. The zero-order valence-corrected chi connectivity index (χ0v) is 11.6. The minimum Gasteiger partial charge on any atom is -0.490 e. The summed E-state index contributed by atoms with van der Waals surface area (Å²) in [5.41, 5.74) is 0.760. The van der Waals surface area contributed by atoms with Gasteiger partial charge in [-0.25, -0.2) is 4.79 Å². The van der Waals surface area contributed by atoms with Crippen LogP contribution in [0.25, 0.3) is 0 Å². The van der Waals surface area contributed by atoms with Crippen molar-refractivity contribution in [1.82, 2.24) is 0 Å². The molecule has 1 heterocycles. The van der Waals surface area contributed by atoms with Crippen LogP contribution < -0.4 is 4.74 Å². The molecule has 1 unspecified atom stereocenters. The molecule has 3 nitrogen and oxygen atoms in total. The molecule has 1 atom stereocenters. The first-order valence-electron chi connectivity index (χ1n) is 6.76. The predicted molar refractivity (Wildman–Crippen MR) is 76.5 cm³/mol. The highest BCUT2D eigenvalue weighted by Crippen LogP contribution is 2.45. The van der Waals surface area contributed by atoms with Crippen molar-refractivity contribution in [3.05, 3.63) is 29.8 Å². The van der Waals surface area contributed by atoms with Crippen LogP contribution in [0.5, 0.6) is 5.75 Å². The fourth-order valence-corrected chi connectivity index (χ4v) is 3.82. The molecule has 2 aliphatic rings. The van der Waals surface area contributed by atoms with Crippen molar-refractivity contribution < 1.29 is 9.53 Å². The zero-order chi connectivity index (χ0) is 13.1. The molecule has 4 heteroatoms. The Balaban J connectivity index is 1.80. The maximum absolute atomic E-state index is 10.6. The van der Waals surface area contributed by atoms with Gasteiger partial charge in [0.25, 0.3) is 0 Å². The third kappa shape index (κ3) is 2.56. The lowest BCUT2D eigenvalue weighted by molar-refractivity contribution is 0.225. The minimum absolute atomic E-state index is 0.326. The van der Waals surface area contributed by atoms with Gasteiger partial charge in [0.05, 0.1) is 5.54 Å². The maximum Gasteiger partial charge on any atom is 0.235 e. The number of hydrogen-bond acceptors (Lipinski definition) is 4. The second-order valence-electron chi connectivity index (χ2n) is 5.22. The molecule has 2 fully saturated rings. The molecule has 0 aromatic heterocycles. The van der Waals surface area contributed by atoms with Crippen LogP contribution in [-0.2, 0) is 10.3 Å². The summed E-state index contributed by atoms with van der Waals surface area (Å²) in [6, 6.07) is 8.07. The highest BCUT2D eigenvalue weighted by atomic mass is 32.2. The monoisotopic (exact) mass is 275 g/mol. The van der Waals surface area contributed by atoms with Crippen molar-refractivity contribution in [1.29, 1.82) is 0 Å². The van der Waals surface area contributed by atoms with Crippen molar-refractivity contribution in [3.8, 4) is 5.75 Å². The first-order chi connectivity index (χ1) is 9.32. The van der Waals surface area contributed by atoms with Crippen LogP contribution in [-0.4, -0.2) is 23.7 Å². The number of rotatable bonds is 4. The number of aliphatic imine (C=N–C) groups is 1. The van der Waals surface area contributed by atoms with Gasteiger partial charge in [-0.1, -0.05) is 12.1 Å². The molecule has 0 radical (unpaired) electrons. The van der Waals surface area contributed by atoms with E-state index in [1.807, 2.05) is 36.0 Å². The summed E-state index contributed by atoms with van der Waals surface area (Å²) in [4.78, 5) is 14.7. The topological polar surface area (TPSA) is 38.7 Å². The summed E-state index contributed by atoms with van der Waals surface area (Å²) in [6.45, 7) is 0. The lowest BCUT2D eigenvalue weighted by atomic mass is 9.72. The Bertz CT molecular complexity index is 501. The first-order valence-corrected chi connectivity index (χ1v) is 7.92. The number of nitrogens with zero attached hydrogens (tertiary/aromatic N) is 1. The van der Waals surface area contributed by atoms with Gasteiger partial charge >= 0.3 is 0 Å². The van der Waals surface area contributed by atoms with Crippen LogP contribution in [0.15, 0.2) is 29.3 Å². The molecule has 0 bridgehead atoms. The number of hydrogen-bond donors (Lipinski definition) is 0. The van der Waals surface area contributed by atoms with Crippen LogP contribution in [0.3, 0.4) is 0 Å². The Labute approximate surface area is 117 Å². The maximum atomic E-state index is 10.6. The molecule has 19 heavy (non-hydrogen) atoms. The molecule has 0 spiro atoms. The van der Waals surface area contributed by atoms with Crippen molar-refractivity contribution >= 4 is 17.8 Å². The van der Waals surface area contributed by atoms with Gasteiger partial charge in [0.2, 0.25) is 6.08 Å². The SMILES string of the molecule is O=C=NC1(c2cccc(OC3CCSC3)c2)CCC1. The molecule has 1 aliphatic carbocycles. The van der Waals surface area contributed by atoms with Gasteiger partial charge in [-0.15, -0.1) is 0 Å². The van der Waals surface area contributed by atoms with E-state index in [1.54, 1.807) is 6.08 Å². The highest BCUT2D eigenvalue weighted by Gasteiger charge is 2.39. The lowest BCUT2D eigenvalue weighted by Crippen LogP contribution is -2.31. The Kier molecular flexibility index (Phi) is 3.63. The molecule has 0 N–H and O–H groups in total. The van der Waals surface area contributed by atoms with Gasteiger partial charge in [-0.3, -0.25) is 0 Å². The van der Waals surface area contributed by atoms with Gasteiger partial charge < -0.3 is 4.74 Å². The van der Waals surface area contributed by atoms with Crippen LogP contribution >= 0.6 is 11.8 Å². The molecule has 0 amide bonds. The largest absolute Gasteiger partial charge is 0.490 e. The van der Waals surface area contributed by atoms with E-state index in [4.69, 9.17) is 4.74 Å². The quantitative estimate of drug-likeness (QED) is 0.625. The first kappa shape index (κ1) is 12.8. The van der Waals surface area contributed by atoms with Crippen molar-refractivity contribution in [2.24, 2.45) is 4.99 Å². The minimum atomic E-state index is -0.328. The van der Waals surface area contributed by atoms with E-state index >= 15 is 0 Å². The number of isocyanates is 1. The van der Waals surface area contributed by atoms with Crippen molar-refractivity contribution in [2.45, 2.75) is 37.3 Å². The van der Waals surface area contributed by atoms with Gasteiger partial charge in [0.1, 0.15) is 11.9 Å². The van der Waals surface area contributed by atoms with Crippen molar-refractivity contribution in [2.75, 3.05) is 11.5 Å². The smallest absolute Gasteiger partial charge is 0.235 e. The third-order valence-electron chi connectivity index (χ3n) is 4.00. The number of ether oxygens (including phenoxy) is 1. The normalized spacial score (nSPS) is 24.3.